The standard InChI is InChI=1S/C58H40N6/c1-37-31-32-42(62-49-27-12-8-23-43(49)44-24-9-13-28-50(44)62)36-53(37)64-52-30-15-11-26-46(52)48-34-33-47-45-25-10-14-29-51(45)63(54(47)55(48)64)41-22-16-21-40(35-41)58-60-56(38-17-4-2-5-18-38)59-57(61-58)39-19-6-3-7-20-39/h2-37,53H,1H3. The summed E-state index contributed by atoms with van der Waals surface area (Å²) in [6.45, 7) is 2.35. The fourth-order valence-electron chi connectivity index (χ4n) is 10.2. The summed E-state index contributed by atoms with van der Waals surface area (Å²) in [6.07, 6.45) is 7.21. The first-order valence-corrected chi connectivity index (χ1v) is 22.0. The number of rotatable bonds is 6. The fourth-order valence-corrected chi connectivity index (χ4v) is 10.2. The molecule has 0 radical (unpaired) electrons. The Hall–Kier alpha value is -8.35. The van der Waals surface area contributed by atoms with Gasteiger partial charge in [-0.05, 0) is 54.5 Å². The van der Waals surface area contributed by atoms with E-state index < -0.39 is 0 Å². The Morgan fingerprint density at radius 2 is 0.844 bits per heavy atom. The second kappa shape index (κ2) is 14.4. The van der Waals surface area contributed by atoms with E-state index in [1.165, 1.54) is 65.6 Å². The Morgan fingerprint density at radius 3 is 1.44 bits per heavy atom. The van der Waals surface area contributed by atoms with Crippen LogP contribution >= 0.6 is 0 Å². The number of nitrogens with zero attached hydrogens (tertiary/aromatic N) is 6. The third kappa shape index (κ3) is 5.55. The molecule has 6 nitrogen and oxygen atoms in total. The summed E-state index contributed by atoms with van der Waals surface area (Å²) in [4.78, 5) is 15.2. The third-order valence-corrected chi connectivity index (χ3v) is 13.2. The normalized spacial score (nSPS) is 15.3. The second-order valence-electron chi connectivity index (χ2n) is 16.9. The molecule has 0 bridgehead atoms. The van der Waals surface area contributed by atoms with E-state index in [2.05, 4.69) is 197 Å². The second-order valence-corrected chi connectivity index (χ2v) is 16.9. The maximum atomic E-state index is 5.12. The minimum Gasteiger partial charge on any atom is -0.331 e. The molecule has 1 aliphatic carbocycles. The Balaban J connectivity index is 1.07. The van der Waals surface area contributed by atoms with Crippen LogP contribution in [0.3, 0.4) is 0 Å². The van der Waals surface area contributed by atoms with Crippen molar-refractivity contribution in [2.24, 2.45) is 5.92 Å². The van der Waals surface area contributed by atoms with Crippen LogP contribution in [0, 0.1) is 5.92 Å². The van der Waals surface area contributed by atoms with Crippen molar-refractivity contribution in [3.05, 3.63) is 212 Å². The first-order valence-electron chi connectivity index (χ1n) is 22.0. The van der Waals surface area contributed by atoms with Gasteiger partial charge in [-0.1, -0.05) is 171 Å². The number of hydrogen-bond donors (Lipinski definition) is 0. The van der Waals surface area contributed by atoms with Crippen LogP contribution in [0.4, 0.5) is 0 Å². The molecular formula is C58H40N6. The molecule has 2 unspecified atom stereocenters. The molecule has 0 N–H and O–H groups in total. The van der Waals surface area contributed by atoms with Gasteiger partial charge in [0.25, 0.3) is 0 Å². The lowest BCUT2D eigenvalue weighted by Gasteiger charge is -2.28. The Morgan fingerprint density at radius 1 is 0.391 bits per heavy atom. The first-order chi connectivity index (χ1) is 31.7. The van der Waals surface area contributed by atoms with Gasteiger partial charge in [0.2, 0.25) is 0 Å². The van der Waals surface area contributed by atoms with Gasteiger partial charge in [0.1, 0.15) is 0 Å². The van der Waals surface area contributed by atoms with Gasteiger partial charge in [0, 0.05) is 65.9 Å². The molecule has 0 amide bonds. The monoisotopic (exact) mass is 820 g/mol. The van der Waals surface area contributed by atoms with Crippen LogP contribution in [0.2, 0.25) is 0 Å². The lowest BCUT2D eigenvalue weighted by atomic mass is 9.94. The Bertz CT molecular complexity index is 3760. The van der Waals surface area contributed by atoms with E-state index in [9.17, 15) is 0 Å². The molecule has 8 aromatic carbocycles. The van der Waals surface area contributed by atoms with Crippen molar-refractivity contribution in [2.45, 2.75) is 13.0 Å². The van der Waals surface area contributed by atoms with Crippen molar-refractivity contribution in [3.8, 4) is 39.9 Å². The van der Waals surface area contributed by atoms with Gasteiger partial charge in [-0.2, -0.15) is 0 Å². The molecule has 0 spiro atoms. The summed E-state index contributed by atoms with van der Waals surface area (Å²) in [5, 5.41) is 7.41. The summed E-state index contributed by atoms with van der Waals surface area (Å²) < 4.78 is 7.53. The van der Waals surface area contributed by atoms with Crippen molar-refractivity contribution in [1.29, 1.82) is 0 Å². The van der Waals surface area contributed by atoms with Gasteiger partial charge < -0.3 is 13.7 Å². The molecule has 64 heavy (non-hydrogen) atoms. The smallest absolute Gasteiger partial charge is 0.164 e. The van der Waals surface area contributed by atoms with Crippen LogP contribution in [0.25, 0.3) is 111 Å². The number of allylic oxidation sites excluding steroid dienone is 4. The summed E-state index contributed by atoms with van der Waals surface area (Å²) in [7, 11) is 0. The van der Waals surface area contributed by atoms with E-state index in [4.69, 9.17) is 15.0 Å². The average molecular weight is 821 g/mol. The molecule has 302 valence electrons. The van der Waals surface area contributed by atoms with Crippen molar-refractivity contribution in [3.63, 3.8) is 0 Å². The molecule has 1 aliphatic rings. The van der Waals surface area contributed by atoms with Crippen LogP contribution in [0.5, 0.6) is 0 Å². The first kappa shape index (κ1) is 36.3. The van der Waals surface area contributed by atoms with Gasteiger partial charge >= 0.3 is 0 Å². The predicted octanol–water partition coefficient (Wildman–Crippen LogP) is 14.5. The molecule has 2 atom stereocenters. The molecule has 6 heteroatoms. The van der Waals surface area contributed by atoms with E-state index in [0.717, 1.165) is 27.9 Å². The predicted molar refractivity (Wildman–Crippen MR) is 265 cm³/mol. The van der Waals surface area contributed by atoms with Crippen LogP contribution in [0.15, 0.2) is 212 Å². The molecule has 0 saturated carbocycles. The van der Waals surface area contributed by atoms with E-state index in [1.807, 2.05) is 36.4 Å². The number of para-hydroxylation sites is 4. The summed E-state index contributed by atoms with van der Waals surface area (Å²) in [5.41, 5.74) is 12.2. The molecule has 4 heterocycles. The van der Waals surface area contributed by atoms with Crippen LogP contribution in [-0.2, 0) is 0 Å². The quantitative estimate of drug-likeness (QED) is 0.168. The van der Waals surface area contributed by atoms with E-state index >= 15 is 0 Å². The van der Waals surface area contributed by atoms with Gasteiger partial charge in [-0.15, -0.1) is 0 Å². The highest BCUT2D eigenvalue weighted by molar-refractivity contribution is 6.23. The van der Waals surface area contributed by atoms with Crippen LogP contribution < -0.4 is 0 Å². The molecule has 12 aromatic rings. The minimum absolute atomic E-state index is 0.0174. The summed E-state index contributed by atoms with van der Waals surface area (Å²) in [6, 6.07) is 69.0. The molecule has 4 aromatic heterocycles. The number of fused-ring (bicyclic) bond motifs is 10. The summed E-state index contributed by atoms with van der Waals surface area (Å²) >= 11 is 0. The van der Waals surface area contributed by atoms with Gasteiger partial charge in [0.15, 0.2) is 17.5 Å². The van der Waals surface area contributed by atoms with Crippen molar-refractivity contribution >= 4 is 71.1 Å². The zero-order valence-electron chi connectivity index (χ0n) is 35.0. The lowest BCUT2D eigenvalue weighted by molar-refractivity contribution is 0.510. The largest absolute Gasteiger partial charge is 0.331 e. The number of benzene rings is 8. The highest BCUT2D eigenvalue weighted by Crippen LogP contribution is 2.45. The highest BCUT2D eigenvalue weighted by atomic mass is 15.1. The number of hydrogen-bond acceptors (Lipinski definition) is 3. The number of aromatic nitrogens is 6. The van der Waals surface area contributed by atoms with Crippen molar-refractivity contribution in [1.82, 2.24) is 28.7 Å². The minimum atomic E-state index is 0.0174. The Kier molecular flexibility index (Phi) is 8.15. The maximum absolute atomic E-state index is 5.12. The maximum Gasteiger partial charge on any atom is 0.164 e. The SMILES string of the molecule is CC1C=CC(n2c3ccccc3c3ccccc32)=CC1n1c2ccccc2c2ccc3c4ccccc4n(-c4cccc(-c5nc(-c6ccccc6)nc(-c6ccccc6)n5)c4)c3c21. The van der Waals surface area contributed by atoms with E-state index in [-0.39, 0.29) is 12.0 Å². The van der Waals surface area contributed by atoms with E-state index in [1.54, 1.807) is 0 Å². The lowest BCUT2D eigenvalue weighted by Crippen LogP contribution is -2.18. The molecule has 13 rings (SSSR count). The van der Waals surface area contributed by atoms with Gasteiger partial charge in [-0.25, -0.2) is 15.0 Å². The fraction of sp³-hybridized carbons (Fsp3) is 0.0517. The summed E-state index contributed by atoms with van der Waals surface area (Å²) in [5.74, 6) is 2.12. The van der Waals surface area contributed by atoms with Crippen LogP contribution in [-0.4, -0.2) is 28.7 Å². The topological polar surface area (TPSA) is 53.5 Å². The molecule has 0 saturated heterocycles. The van der Waals surface area contributed by atoms with Crippen LogP contribution in [0.1, 0.15) is 13.0 Å². The van der Waals surface area contributed by atoms with Crippen molar-refractivity contribution in [2.75, 3.05) is 0 Å². The zero-order valence-corrected chi connectivity index (χ0v) is 35.0. The van der Waals surface area contributed by atoms with Gasteiger partial charge in [-0.3, -0.25) is 0 Å². The average Bonchev–Trinajstić information content (AvgIpc) is 4.01. The molecular weight excluding hydrogens is 781 g/mol. The third-order valence-electron chi connectivity index (χ3n) is 13.2. The van der Waals surface area contributed by atoms with Gasteiger partial charge in [0.05, 0.1) is 33.6 Å². The molecule has 0 fully saturated rings. The highest BCUT2D eigenvalue weighted by Gasteiger charge is 2.28. The zero-order chi connectivity index (χ0) is 42.3. The molecule has 0 aliphatic heterocycles. The Labute approximate surface area is 369 Å². The van der Waals surface area contributed by atoms with E-state index in [0.29, 0.717) is 17.5 Å². The van der Waals surface area contributed by atoms with Crippen molar-refractivity contribution < 1.29 is 0 Å².